The molecule has 0 heterocycles. The van der Waals surface area contributed by atoms with Gasteiger partial charge in [-0.15, -0.1) is 0 Å². The highest BCUT2D eigenvalue weighted by Gasteiger charge is 2.23. The van der Waals surface area contributed by atoms with Crippen molar-refractivity contribution in [2.24, 2.45) is 0 Å². The van der Waals surface area contributed by atoms with Crippen LogP contribution in [0.5, 0.6) is 0 Å². The molecular weight excluding hydrogens is 488 g/mol. The molecule has 0 aliphatic heterocycles. The van der Waals surface area contributed by atoms with Crippen LogP contribution < -0.4 is 0 Å². The van der Waals surface area contributed by atoms with Crippen molar-refractivity contribution in [1.29, 1.82) is 0 Å². The predicted octanol–water partition coefficient (Wildman–Crippen LogP) is 10.1. The Balaban J connectivity index is 1.16. The molecule has 2 aliphatic rings. The van der Waals surface area contributed by atoms with Crippen LogP contribution in [0.15, 0.2) is 143 Å². The fourth-order valence-corrected chi connectivity index (χ4v) is 7.59. The molecule has 0 bridgehead atoms. The van der Waals surface area contributed by atoms with E-state index in [1.807, 2.05) is 11.8 Å². The number of fused-ring (bicyclic) bond motifs is 4. The molecule has 0 saturated carbocycles. The van der Waals surface area contributed by atoms with Crippen LogP contribution in [-0.4, -0.2) is 0 Å². The third kappa shape index (κ3) is 3.69. The summed E-state index contributed by atoms with van der Waals surface area (Å²) in [5.41, 5.74) is 11.0. The van der Waals surface area contributed by atoms with Crippen molar-refractivity contribution in [1.82, 2.24) is 0 Å². The van der Waals surface area contributed by atoms with E-state index in [-0.39, 0.29) is 0 Å². The molecule has 0 aromatic heterocycles. The zero-order valence-electron chi connectivity index (χ0n) is 21.5. The Kier molecular flexibility index (Phi) is 5.31. The Morgan fingerprint density at radius 3 is 1.31 bits per heavy atom. The van der Waals surface area contributed by atoms with Crippen LogP contribution in [0.4, 0.5) is 0 Å². The molecule has 39 heavy (non-hydrogen) atoms. The van der Waals surface area contributed by atoms with E-state index in [0.717, 1.165) is 12.8 Å². The number of hydrogen-bond donors (Lipinski definition) is 0. The second-order valence-corrected chi connectivity index (χ2v) is 11.4. The van der Waals surface area contributed by atoms with Gasteiger partial charge in [0.2, 0.25) is 0 Å². The molecule has 6 aromatic rings. The third-order valence-electron chi connectivity index (χ3n) is 8.25. The lowest BCUT2D eigenvalue weighted by molar-refractivity contribution is 1.17. The topological polar surface area (TPSA) is 0 Å². The molecule has 0 radical (unpaired) electrons. The summed E-state index contributed by atoms with van der Waals surface area (Å²) in [4.78, 5) is 2.73. The van der Waals surface area contributed by atoms with Gasteiger partial charge in [0.25, 0.3) is 0 Å². The second kappa shape index (κ2) is 9.15. The normalized spacial score (nSPS) is 13.8. The maximum absolute atomic E-state index is 2.42. The molecule has 0 atom stereocenters. The van der Waals surface area contributed by atoms with E-state index in [0.29, 0.717) is 0 Å². The Bertz CT molecular complexity index is 1830. The van der Waals surface area contributed by atoms with Crippen LogP contribution in [0.2, 0.25) is 0 Å². The summed E-state index contributed by atoms with van der Waals surface area (Å²) < 4.78 is 0. The van der Waals surface area contributed by atoms with Crippen molar-refractivity contribution in [3.05, 3.63) is 167 Å². The van der Waals surface area contributed by atoms with Crippen molar-refractivity contribution in [3.8, 4) is 0 Å². The number of benzene rings is 6. The molecule has 2 aliphatic carbocycles. The summed E-state index contributed by atoms with van der Waals surface area (Å²) in [5.74, 6) is 0. The first-order valence-corrected chi connectivity index (χ1v) is 14.5. The van der Waals surface area contributed by atoms with Crippen LogP contribution in [0.3, 0.4) is 0 Å². The number of hydrogen-bond acceptors (Lipinski definition) is 1. The smallest absolute Gasteiger partial charge is 0.0163 e. The number of rotatable bonds is 4. The zero-order chi connectivity index (χ0) is 25.8. The maximum atomic E-state index is 2.42. The lowest BCUT2D eigenvalue weighted by Gasteiger charge is -2.15. The monoisotopic (exact) mass is 514 g/mol. The third-order valence-corrected chi connectivity index (χ3v) is 9.45. The van der Waals surface area contributed by atoms with E-state index in [2.05, 4.69) is 133 Å². The molecule has 1 heteroatoms. The van der Waals surface area contributed by atoms with Crippen molar-refractivity contribution in [2.45, 2.75) is 22.6 Å². The Labute approximate surface area is 233 Å². The fourth-order valence-electron chi connectivity index (χ4n) is 6.43. The molecule has 8 rings (SSSR count). The average molecular weight is 515 g/mol. The van der Waals surface area contributed by atoms with Gasteiger partial charge in [-0.25, -0.2) is 0 Å². The van der Waals surface area contributed by atoms with Gasteiger partial charge >= 0.3 is 0 Å². The standard InChI is InChI=1S/C38H26S/c1-3-13-27-25(9-1)11-5-15-29(27)33-21-23-35-31(33)17-7-19-37(35)39-38-20-8-18-32-34(22-24-36(32)38)30-16-6-12-26-10-2-4-14-28(26)30/h1-22H,23-24H2. The molecule has 0 N–H and O–H groups in total. The highest BCUT2D eigenvalue weighted by Crippen LogP contribution is 2.45. The van der Waals surface area contributed by atoms with Crippen molar-refractivity contribution >= 4 is 44.5 Å². The van der Waals surface area contributed by atoms with Gasteiger partial charge in [0.15, 0.2) is 0 Å². The molecule has 0 unspecified atom stereocenters. The zero-order valence-corrected chi connectivity index (χ0v) is 22.3. The first-order chi connectivity index (χ1) is 19.3. The lowest BCUT2D eigenvalue weighted by atomic mass is 9.94. The van der Waals surface area contributed by atoms with E-state index in [1.165, 1.54) is 75.9 Å². The SMILES string of the molecule is C1=C(c2cccc3ccccc23)c2cccc(Sc3cccc4c3CC=C4c3cccc4ccccc34)c2C1. The molecule has 0 spiro atoms. The van der Waals surface area contributed by atoms with E-state index in [1.54, 1.807) is 0 Å². The van der Waals surface area contributed by atoms with Crippen LogP contribution in [0.1, 0.15) is 33.4 Å². The molecule has 0 amide bonds. The minimum absolute atomic E-state index is 0.978. The van der Waals surface area contributed by atoms with E-state index < -0.39 is 0 Å². The molecule has 184 valence electrons. The quantitative estimate of drug-likeness (QED) is 0.225. The van der Waals surface area contributed by atoms with Gasteiger partial charge in [0.1, 0.15) is 0 Å². The van der Waals surface area contributed by atoms with Crippen LogP contribution >= 0.6 is 11.8 Å². The molecule has 0 saturated heterocycles. The van der Waals surface area contributed by atoms with Gasteiger partial charge in [-0.3, -0.25) is 0 Å². The first-order valence-electron chi connectivity index (χ1n) is 13.6. The maximum Gasteiger partial charge on any atom is 0.0163 e. The highest BCUT2D eigenvalue weighted by atomic mass is 32.2. The minimum Gasteiger partial charge on any atom is -0.0895 e. The Morgan fingerprint density at radius 2 is 0.795 bits per heavy atom. The summed E-state index contributed by atoms with van der Waals surface area (Å²) in [6.07, 6.45) is 6.80. The molecule has 6 aromatic carbocycles. The summed E-state index contributed by atoms with van der Waals surface area (Å²) in [6, 6.07) is 44.4. The van der Waals surface area contributed by atoms with E-state index >= 15 is 0 Å². The predicted molar refractivity (Wildman–Crippen MR) is 166 cm³/mol. The average Bonchev–Trinajstić information content (AvgIpc) is 3.62. The van der Waals surface area contributed by atoms with Crippen LogP contribution in [0.25, 0.3) is 32.7 Å². The summed E-state index contributed by atoms with van der Waals surface area (Å²) in [5, 5.41) is 5.24. The van der Waals surface area contributed by atoms with Crippen LogP contribution in [0, 0.1) is 0 Å². The first kappa shape index (κ1) is 22.6. The van der Waals surface area contributed by atoms with E-state index in [4.69, 9.17) is 0 Å². The number of allylic oxidation sites excluding steroid dienone is 2. The van der Waals surface area contributed by atoms with Crippen LogP contribution in [-0.2, 0) is 12.8 Å². The van der Waals surface area contributed by atoms with Gasteiger partial charge in [-0.2, -0.15) is 0 Å². The molecule has 0 nitrogen and oxygen atoms in total. The minimum atomic E-state index is 0.978. The van der Waals surface area contributed by atoms with Gasteiger partial charge in [-0.1, -0.05) is 133 Å². The molecule has 0 fully saturated rings. The lowest BCUT2D eigenvalue weighted by Crippen LogP contribution is -1.93. The summed E-state index contributed by atoms with van der Waals surface area (Å²) >= 11 is 1.93. The second-order valence-electron chi connectivity index (χ2n) is 10.4. The highest BCUT2D eigenvalue weighted by molar-refractivity contribution is 7.99. The van der Waals surface area contributed by atoms with E-state index in [9.17, 15) is 0 Å². The summed E-state index contributed by atoms with van der Waals surface area (Å²) in [6.45, 7) is 0. The van der Waals surface area contributed by atoms with Gasteiger partial charge < -0.3 is 0 Å². The van der Waals surface area contributed by atoms with Crippen molar-refractivity contribution in [3.63, 3.8) is 0 Å². The van der Waals surface area contributed by atoms with Gasteiger partial charge in [0.05, 0.1) is 0 Å². The largest absolute Gasteiger partial charge is 0.0895 e. The fraction of sp³-hybridized carbons (Fsp3) is 0.0526. The Hall–Kier alpha value is -4.33. The summed E-state index contributed by atoms with van der Waals surface area (Å²) in [7, 11) is 0. The van der Waals surface area contributed by atoms with Gasteiger partial charge in [0, 0.05) is 9.79 Å². The van der Waals surface area contributed by atoms with Crippen molar-refractivity contribution < 1.29 is 0 Å². The Morgan fingerprint density at radius 1 is 0.385 bits per heavy atom. The van der Waals surface area contributed by atoms with Crippen molar-refractivity contribution in [2.75, 3.05) is 0 Å². The molecular formula is C38H26S. The van der Waals surface area contributed by atoms with Gasteiger partial charge in [-0.05, 0) is 91.0 Å².